The number of rotatable bonds is 3. The Kier molecular flexibility index (Phi) is 4.24. The molecular weight excluding hydrogens is 296 g/mol. The van der Waals surface area contributed by atoms with Crippen LogP contribution in [-0.2, 0) is 22.4 Å². The van der Waals surface area contributed by atoms with Crippen molar-refractivity contribution >= 4 is 34.5 Å². The molecule has 0 atom stereocenters. The minimum absolute atomic E-state index is 0.0346. The van der Waals surface area contributed by atoms with Gasteiger partial charge in [-0.15, -0.1) is 11.3 Å². The Balaban J connectivity index is 1.76. The van der Waals surface area contributed by atoms with Crippen LogP contribution in [0.4, 0.5) is 11.4 Å². The molecule has 0 unspecified atom stereocenters. The van der Waals surface area contributed by atoms with Gasteiger partial charge in [0, 0.05) is 29.7 Å². The largest absolute Gasteiger partial charge is 0.326 e. The standard InChI is InChI=1S/C17H18N2O2S/c1-12(20)19-8-2-4-13-6-7-14(10-16(13)19)18-17(21)11-15-5-3-9-22-15/h3,5-7,9-10H,2,4,8,11H2,1H3,(H,18,21). The fourth-order valence-corrected chi connectivity index (χ4v) is 3.46. The van der Waals surface area contributed by atoms with Crippen LogP contribution in [0.2, 0.25) is 0 Å². The summed E-state index contributed by atoms with van der Waals surface area (Å²) in [4.78, 5) is 26.7. The van der Waals surface area contributed by atoms with Crippen molar-refractivity contribution in [1.29, 1.82) is 0 Å². The molecule has 2 amide bonds. The van der Waals surface area contributed by atoms with Crippen molar-refractivity contribution in [1.82, 2.24) is 0 Å². The smallest absolute Gasteiger partial charge is 0.229 e. The highest BCUT2D eigenvalue weighted by atomic mass is 32.1. The molecule has 1 aromatic heterocycles. The van der Waals surface area contributed by atoms with Crippen LogP contribution >= 0.6 is 11.3 Å². The lowest BCUT2D eigenvalue weighted by Gasteiger charge is -2.29. The number of carbonyl (C=O) groups is 2. The predicted octanol–water partition coefficient (Wildman–Crippen LogP) is 3.23. The Labute approximate surface area is 133 Å². The number of benzene rings is 1. The van der Waals surface area contributed by atoms with E-state index in [-0.39, 0.29) is 11.8 Å². The van der Waals surface area contributed by atoms with Crippen LogP contribution in [0.3, 0.4) is 0 Å². The number of thiophene rings is 1. The van der Waals surface area contributed by atoms with Crippen molar-refractivity contribution in [2.75, 3.05) is 16.8 Å². The minimum Gasteiger partial charge on any atom is -0.326 e. The first kappa shape index (κ1) is 14.8. The maximum Gasteiger partial charge on any atom is 0.229 e. The van der Waals surface area contributed by atoms with Crippen molar-refractivity contribution in [3.8, 4) is 0 Å². The maximum absolute atomic E-state index is 12.1. The topological polar surface area (TPSA) is 49.4 Å². The Morgan fingerprint density at radius 2 is 2.18 bits per heavy atom. The third kappa shape index (κ3) is 3.20. The summed E-state index contributed by atoms with van der Waals surface area (Å²) in [6.07, 6.45) is 2.34. The fourth-order valence-electron chi connectivity index (χ4n) is 2.76. The quantitative estimate of drug-likeness (QED) is 0.945. The van der Waals surface area contributed by atoms with Crippen LogP contribution in [0.5, 0.6) is 0 Å². The molecule has 2 aromatic rings. The SMILES string of the molecule is CC(=O)N1CCCc2ccc(NC(=O)Cc3cccs3)cc21. The molecule has 3 rings (SSSR count). The first-order valence-electron chi connectivity index (χ1n) is 7.37. The summed E-state index contributed by atoms with van der Waals surface area (Å²) >= 11 is 1.58. The third-order valence-electron chi connectivity index (χ3n) is 3.78. The van der Waals surface area contributed by atoms with Gasteiger partial charge in [0.1, 0.15) is 0 Å². The molecule has 114 valence electrons. The van der Waals surface area contributed by atoms with Crippen LogP contribution in [-0.4, -0.2) is 18.4 Å². The maximum atomic E-state index is 12.1. The summed E-state index contributed by atoms with van der Waals surface area (Å²) in [5, 5.41) is 4.88. The first-order valence-corrected chi connectivity index (χ1v) is 8.25. The number of hydrogen-bond acceptors (Lipinski definition) is 3. The molecule has 0 saturated carbocycles. The lowest BCUT2D eigenvalue weighted by molar-refractivity contribution is -0.117. The second-order valence-corrected chi connectivity index (χ2v) is 6.45. The highest BCUT2D eigenvalue weighted by Gasteiger charge is 2.20. The zero-order valence-electron chi connectivity index (χ0n) is 12.5. The number of amides is 2. The van der Waals surface area contributed by atoms with Gasteiger partial charge in [0.05, 0.1) is 6.42 Å². The third-order valence-corrected chi connectivity index (χ3v) is 4.66. The molecule has 1 aliphatic heterocycles. The van der Waals surface area contributed by atoms with Gasteiger partial charge in [-0.3, -0.25) is 9.59 Å². The number of fused-ring (bicyclic) bond motifs is 1. The van der Waals surface area contributed by atoms with Crippen molar-refractivity contribution in [2.45, 2.75) is 26.2 Å². The van der Waals surface area contributed by atoms with Crippen LogP contribution in [0.25, 0.3) is 0 Å². The van der Waals surface area contributed by atoms with E-state index in [1.165, 1.54) is 0 Å². The molecule has 1 aromatic carbocycles. The Morgan fingerprint density at radius 1 is 1.32 bits per heavy atom. The molecular formula is C17H18N2O2S. The molecule has 0 spiro atoms. The normalized spacial score (nSPS) is 13.6. The van der Waals surface area contributed by atoms with Crippen LogP contribution in [0.15, 0.2) is 35.7 Å². The Bertz CT molecular complexity index is 695. The molecule has 1 aliphatic rings. The number of anilines is 2. The van der Waals surface area contributed by atoms with Gasteiger partial charge in [-0.05, 0) is 42.0 Å². The van der Waals surface area contributed by atoms with E-state index in [2.05, 4.69) is 5.32 Å². The number of hydrogen-bond donors (Lipinski definition) is 1. The summed E-state index contributed by atoms with van der Waals surface area (Å²) in [7, 11) is 0. The fraction of sp³-hybridized carbons (Fsp3) is 0.294. The van der Waals surface area contributed by atoms with Gasteiger partial charge in [0.25, 0.3) is 0 Å². The molecule has 0 aliphatic carbocycles. The van der Waals surface area contributed by atoms with Crippen LogP contribution < -0.4 is 10.2 Å². The molecule has 0 bridgehead atoms. The van der Waals surface area contributed by atoms with Gasteiger partial charge in [0.15, 0.2) is 0 Å². The van der Waals surface area contributed by atoms with Crippen molar-refractivity contribution < 1.29 is 9.59 Å². The van der Waals surface area contributed by atoms with E-state index < -0.39 is 0 Å². The van der Waals surface area contributed by atoms with Gasteiger partial charge in [-0.1, -0.05) is 12.1 Å². The number of aryl methyl sites for hydroxylation is 1. The highest BCUT2D eigenvalue weighted by Crippen LogP contribution is 2.30. The lowest BCUT2D eigenvalue weighted by Crippen LogP contribution is -2.33. The monoisotopic (exact) mass is 314 g/mol. The number of carbonyl (C=O) groups excluding carboxylic acids is 2. The Hall–Kier alpha value is -2.14. The van der Waals surface area contributed by atoms with Crippen molar-refractivity contribution in [3.05, 3.63) is 46.2 Å². The molecule has 0 saturated heterocycles. The van der Waals surface area contributed by atoms with Gasteiger partial charge >= 0.3 is 0 Å². The summed E-state index contributed by atoms with van der Waals surface area (Å²) in [5.74, 6) is 0.00981. The van der Waals surface area contributed by atoms with E-state index in [9.17, 15) is 9.59 Å². The number of nitrogens with zero attached hydrogens (tertiary/aromatic N) is 1. The van der Waals surface area contributed by atoms with Crippen LogP contribution in [0.1, 0.15) is 23.8 Å². The molecule has 4 nitrogen and oxygen atoms in total. The average molecular weight is 314 g/mol. The second-order valence-electron chi connectivity index (χ2n) is 5.42. The van der Waals surface area contributed by atoms with Crippen molar-refractivity contribution in [3.63, 3.8) is 0 Å². The highest BCUT2D eigenvalue weighted by molar-refractivity contribution is 7.10. The lowest BCUT2D eigenvalue weighted by atomic mass is 10.0. The van der Waals surface area contributed by atoms with E-state index in [4.69, 9.17) is 0 Å². The molecule has 2 heterocycles. The zero-order valence-corrected chi connectivity index (χ0v) is 13.3. The predicted molar refractivity (Wildman–Crippen MR) is 89.4 cm³/mol. The summed E-state index contributed by atoms with van der Waals surface area (Å²) in [6, 6.07) is 9.72. The molecule has 0 fully saturated rings. The molecule has 0 radical (unpaired) electrons. The van der Waals surface area contributed by atoms with Crippen molar-refractivity contribution in [2.24, 2.45) is 0 Å². The first-order chi connectivity index (χ1) is 10.6. The zero-order chi connectivity index (χ0) is 15.5. The number of nitrogens with one attached hydrogen (secondary N) is 1. The van der Waals surface area contributed by atoms with E-state index in [0.717, 1.165) is 41.2 Å². The summed E-state index contributed by atoms with van der Waals surface area (Å²) < 4.78 is 0. The van der Waals surface area contributed by atoms with E-state index >= 15 is 0 Å². The van der Waals surface area contributed by atoms with Gasteiger partial charge in [-0.25, -0.2) is 0 Å². The van der Waals surface area contributed by atoms with E-state index in [1.54, 1.807) is 23.2 Å². The van der Waals surface area contributed by atoms with Crippen LogP contribution in [0, 0.1) is 0 Å². The second kappa shape index (κ2) is 6.32. The molecule has 22 heavy (non-hydrogen) atoms. The summed E-state index contributed by atoms with van der Waals surface area (Å²) in [6.45, 7) is 2.33. The van der Waals surface area contributed by atoms with Gasteiger partial charge in [-0.2, -0.15) is 0 Å². The Morgan fingerprint density at radius 3 is 2.91 bits per heavy atom. The van der Waals surface area contributed by atoms with Gasteiger partial charge in [0.2, 0.25) is 11.8 Å². The van der Waals surface area contributed by atoms with Gasteiger partial charge < -0.3 is 10.2 Å². The van der Waals surface area contributed by atoms with E-state index in [1.807, 2.05) is 35.7 Å². The minimum atomic E-state index is -0.0346. The average Bonchev–Trinajstić information content (AvgIpc) is 2.99. The van der Waals surface area contributed by atoms with E-state index in [0.29, 0.717) is 6.42 Å². The molecule has 5 heteroatoms. The molecule has 1 N–H and O–H groups in total. The summed E-state index contributed by atoms with van der Waals surface area (Å²) in [5.41, 5.74) is 2.83.